The van der Waals surface area contributed by atoms with Crippen molar-refractivity contribution < 1.29 is 28.6 Å². The van der Waals surface area contributed by atoms with Gasteiger partial charge in [0.2, 0.25) is 0 Å². The highest BCUT2D eigenvalue weighted by molar-refractivity contribution is 5.71. The first-order valence-corrected chi connectivity index (χ1v) is 34.7. The maximum absolute atomic E-state index is 12.9. The van der Waals surface area contributed by atoms with Crippen LogP contribution in [0.3, 0.4) is 0 Å². The quantitative estimate of drug-likeness (QED) is 0.0261. The lowest BCUT2D eigenvalue weighted by Crippen LogP contribution is -2.30. The summed E-state index contributed by atoms with van der Waals surface area (Å²) in [6.07, 6.45) is 93.0. The van der Waals surface area contributed by atoms with Crippen molar-refractivity contribution in [2.75, 3.05) is 13.2 Å². The third-order valence-electron chi connectivity index (χ3n) is 15.1. The normalized spacial score (nSPS) is 12.7. The number of hydrogen-bond donors (Lipinski definition) is 0. The van der Waals surface area contributed by atoms with Gasteiger partial charge >= 0.3 is 17.9 Å². The molecule has 0 aliphatic heterocycles. The topological polar surface area (TPSA) is 78.9 Å². The van der Waals surface area contributed by atoms with E-state index in [4.69, 9.17) is 14.2 Å². The van der Waals surface area contributed by atoms with Gasteiger partial charge in [-0.05, 0) is 96.3 Å². The molecule has 0 aliphatic carbocycles. The first-order chi connectivity index (χ1) is 40.0. The van der Waals surface area contributed by atoms with Crippen molar-refractivity contribution in [1.29, 1.82) is 0 Å². The number of unbranched alkanes of at least 4 members (excludes halogenated alkanes) is 36. The zero-order valence-electron chi connectivity index (χ0n) is 53.5. The van der Waals surface area contributed by atoms with Gasteiger partial charge in [-0.2, -0.15) is 0 Å². The summed E-state index contributed by atoms with van der Waals surface area (Å²) in [7, 11) is 0. The maximum atomic E-state index is 12.9. The molecule has 81 heavy (non-hydrogen) atoms. The lowest BCUT2D eigenvalue weighted by Gasteiger charge is -2.18. The molecule has 0 fully saturated rings. The molecule has 0 spiro atoms. The molecule has 0 amide bonds. The Labute approximate surface area is 502 Å². The van der Waals surface area contributed by atoms with Gasteiger partial charge in [-0.3, -0.25) is 14.4 Å². The predicted molar refractivity (Wildman–Crippen MR) is 353 cm³/mol. The van der Waals surface area contributed by atoms with E-state index in [1.54, 1.807) is 0 Å². The number of carbonyl (C=O) groups excluding carboxylic acids is 3. The summed E-state index contributed by atoms with van der Waals surface area (Å²) in [6.45, 7) is 6.52. The van der Waals surface area contributed by atoms with Crippen LogP contribution in [0.2, 0.25) is 0 Å². The Bertz CT molecular complexity index is 1580. The fourth-order valence-electron chi connectivity index (χ4n) is 9.88. The minimum atomic E-state index is -0.778. The van der Waals surface area contributed by atoms with E-state index >= 15 is 0 Å². The van der Waals surface area contributed by atoms with Gasteiger partial charge in [-0.25, -0.2) is 0 Å². The molecule has 1 atom stereocenters. The van der Waals surface area contributed by atoms with Crippen LogP contribution in [0, 0.1) is 0 Å². The second-order valence-corrected chi connectivity index (χ2v) is 23.1. The minimum absolute atomic E-state index is 0.0759. The van der Waals surface area contributed by atoms with Gasteiger partial charge in [0.05, 0.1) is 0 Å². The lowest BCUT2D eigenvalue weighted by molar-refractivity contribution is -0.167. The van der Waals surface area contributed by atoms with Crippen LogP contribution >= 0.6 is 0 Å². The molecule has 0 N–H and O–H groups in total. The molecule has 0 bridgehead atoms. The molecule has 0 aromatic heterocycles. The Morgan fingerprint density at radius 2 is 0.494 bits per heavy atom. The third kappa shape index (κ3) is 67.0. The van der Waals surface area contributed by atoms with Gasteiger partial charge in [-0.1, -0.05) is 323 Å². The minimum Gasteiger partial charge on any atom is -0.462 e. The van der Waals surface area contributed by atoms with Crippen molar-refractivity contribution >= 4 is 17.9 Å². The molecule has 1 unspecified atom stereocenters. The average Bonchev–Trinajstić information content (AvgIpc) is 3.47. The first-order valence-electron chi connectivity index (χ1n) is 34.7. The molecule has 0 rings (SSSR count). The van der Waals surface area contributed by atoms with Gasteiger partial charge in [-0.15, -0.1) is 0 Å². The van der Waals surface area contributed by atoms with Crippen molar-refractivity contribution in [3.8, 4) is 0 Å². The van der Waals surface area contributed by atoms with Crippen LogP contribution in [0.4, 0.5) is 0 Å². The summed E-state index contributed by atoms with van der Waals surface area (Å²) in [5, 5.41) is 0. The lowest BCUT2D eigenvalue weighted by atomic mass is 10.0. The first kappa shape index (κ1) is 77.3. The SMILES string of the molecule is CC/C=C\C/C=C\C/C=C\C/C=C\C/C=C\C/C=C\C/C=C\CCCCCCCCCCCCCCCC(=O)OCC(COC(=O)CCCCCCC/C=C\CCCC)OC(=O)CCCCCCCCCCCCCCCCCCC. The van der Waals surface area contributed by atoms with Gasteiger partial charge in [0.1, 0.15) is 13.2 Å². The second-order valence-electron chi connectivity index (χ2n) is 23.1. The fraction of sp³-hybridized carbons (Fsp3) is 0.747. The van der Waals surface area contributed by atoms with Crippen LogP contribution in [0.15, 0.2) is 97.2 Å². The highest BCUT2D eigenvalue weighted by Gasteiger charge is 2.19. The summed E-state index contributed by atoms with van der Waals surface area (Å²) >= 11 is 0. The highest BCUT2D eigenvalue weighted by Crippen LogP contribution is 2.17. The smallest absolute Gasteiger partial charge is 0.306 e. The van der Waals surface area contributed by atoms with Crippen molar-refractivity contribution in [3.05, 3.63) is 97.2 Å². The molecule has 0 radical (unpaired) electrons. The standard InChI is InChI=1S/C75H130O6/c1-4-7-10-13-16-19-22-24-26-28-29-30-31-32-33-34-35-36-37-38-39-40-41-42-43-44-45-47-48-50-53-56-59-62-65-68-74(77)80-71-72(70-79-73(76)67-64-61-58-55-52-21-18-15-12-9-6-3)81-75(78)69-66-63-60-57-54-51-49-46-27-25-23-20-17-14-11-8-5-2/h7,10,15-16,18-19,24,26,29-30,32-33,35-36,38-39,72H,4-6,8-9,11-14,17,20-23,25,27-28,31,34,37,40-71H2,1-3H3/b10-7-,18-15-,19-16-,26-24-,30-29-,33-32-,36-35-,39-38-. The van der Waals surface area contributed by atoms with Gasteiger partial charge in [0.25, 0.3) is 0 Å². The van der Waals surface area contributed by atoms with E-state index in [1.807, 2.05) is 0 Å². The van der Waals surface area contributed by atoms with E-state index in [9.17, 15) is 14.4 Å². The largest absolute Gasteiger partial charge is 0.462 e. The number of ether oxygens (including phenoxy) is 3. The Hall–Kier alpha value is -3.67. The summed E-state index contributed by atoms with van der Waals surface area (Å²) < 4.78 is 16.9. The monoisotopic (exact) mass is 1130 g/mol. The van der Waals surface area contributed by atoms with Crippen molar-refractivity contribution in [2.45, 2.75) is 348 Å². The summed E-state index contributed by atoms with van der Waals surface area (Å²) in [4.78, 5) is 38.3. The van der Waals surface area contributed by atoms with Crippen LogP contribution in [-0.2, 0) is 28.6 Å². The second kappa shape index (κ2) is 68.8. The summed E-state index contributed by atoms with van der Waals surface area (Å²) in [6, 6.07) is 0. The molecule has 466 valence electrons. The molecule has 0 saturated heterocycles. The van der Waals surface area contributed by atoms with Crippen molar-refractivity contribution in [2.24, 2.45) is 0 Å². The zero-order valence-corrected chi connectivity index (χ0v) is 53.5. The number of hydrogen-bond acceptors (Lipinski definition) is 6. The predicted octanol–water partition coefficient (Wildman–Crippen LogP) is 24.0. The Kier molecular flexibility index (Phi) is 65.7. The van der Waals surface area contributed by atoms with E-state index in [0.717, 1.165) is 109 Å². The molecular formula is C75H130O6. The Balaban J connectivity index is 4.14. The van der Waals surface area contributed by atoms with E-state index in [0.29, 0.717) is 19.3 Å². The van der Waals surface area contributed by atoms with Gasteiger partial charge in [0, 0.05) is 19.3 Å². The number of esters is 3. The fourth-order valence-corrected chi connectivity index (χ4v) is 9.88. The van der Waals surface area contributed by atoms with E-state index in [2.05, 4.69) is 118 Å². The average molecular weight is 1130 g/mol. The maximum Gasteiger partial charge on any atom is 0.306 e. The van der Waals surface area contributed by atoms with E-state index < -0.39 is 6.10 Å². The van der Waals surface area contributed by atoms with Crippen LogP contribution in [0.25, 0.3) is 0 Å². The Morgan fingerprint density at radius 1 is 0.259 bits per heavy atom. The Morgan fingerprint density at radius 3 is 0.802 bits per heavy atom. The molecule has 0 aromatic rings. The number of allylic oxidation sites excluding steroid dienone is 16. The van der Waals surface area contributed by atoms with E-state index in [-0.39, 0.29) is 31.1 Å². The van der Waals surface area contributed by atoms with Crippen LogP contribution in [0.5, 0.6) is 0 Å². The van der Waals surface area contributed by atoms with Crippen LogP contribution in [-0.4, -0.2) is 37.2 Å². The molecule has 6 nitrogen and oxygen atoms in total. The van der Waals surface area contributed by atoms with Crippen molar-refractivity contribution in [3.63, 3.8) is 0 Å². The zero-order chi connectivity index (χ0) is 58.5. The molecule has 6 heteroatoms. The number of carbonyl (C=O) groups is 3. The number of rotatable bonds is 63. The van der Waals surface area contributed by atoms with Crippen molar-refractivity contribution in [1.82, 2.24) is 0 Å². The van der Waals surface area contributed by atoms with Crippen LogP contribution < -0.4 is 0 Å². The summed E-state index contributed by atoms with van der Waals surface area (Å²) in [5.41, 5.74) is 0. The van der Waals surface area contributed by atoms with Crippen LogP contribution in [0.1, 0.15) is 342 Å². The molecular weight excluding hydrogens is 997 g/mol. The molecule has 0 aliphatic rings. The molecule has 0 heterocycles. The summed E-state index contributed by atoms with van der Waals surface area (Å²) in [5.74, 6) is -0.871. The van der Waals surface area contributed by atoms with E-state index in [1.165, 1.54) is 193 Å². The molecule has 0 saturated carbocycles. The van der Waals surface area contributed by atoms with Gasteiger partial charge in [0.15, 0.2) is 6.10 Å². The van der Waals surface area contributed by atoms with Gasteiger partial charge < -0.3 is 14.2 Å². The highest BCUT2D eigenvalue weighted by atomic mass is 16.6. The third-order valence-corrected chi connectivity index (χ3v) is 15.1. The molecule has 0 aromatic carbocycles.